The van der Waals surface area contributed by atoms with E-state index in [2.05, 4.69) is 54.0 Å². The molecule has 1 aromatic rings. The third-order valence-electron chi connectivity index (χ3n) is 4.17. The van der Waals surface area contributed by atoms with E-state index >= 15 is 0 Å². The fraction of sp³-hybridized carbons (Fsp3) is 0.375. The van der Waals surface area contributed by atoms with Crippen LogP contribution >= 0.6 is 12.2 Å². The molecule has 104 valence electrons. The molecule has 0 spiro atoms. The molecule has 2 atom stereocenters. The Morgan fingerprint density at radius 3 is 2.75 bits per heavy atom. The number of anilines is 1. The van der Waals surface area contributed by atoms with E-state index in [1.54, 1.807) is 0 Å². The number of hydrogen-bond donors (Lipinski definition) is 2. The van der Waals surface area contributed by atoms with E-state index in [1.807, 2.05) is 6.07 Å². The van der Waals surface area contributed by atoms with Crippen molar-refractivity contribution in [3.05, 3.63) is 41.5 Å². The van der Waals surface area contributed by atoms with Crippen LogP contribution in [0.4, 0.5) is 5.69 Å². The summed E-state index contributed by atoms with van der Waals surface area (Å²) in [5.74, 6) is 1.33. The number of nitrogens with one attached hydrogen (secondary N) is 2. The van der Waals surface area contributed by atoms with Gasteiger partial charge in [0.05, 0.1) is 0 Å². The van der Waals surface area contributed by atoms with E-state index in [4.69, 9.17) is 12.2 Å². The third-order valence-corrected chi connectivity index (χ3v) is 4.36. The van der Waals surface area contributed by atoms with Crippen LogP contribution in [-0.4, -0.2) is 10.8 Å². The Labute approximate surface area is 125 Å². The number of para-hydroxylation sites is 1. The molecule has 0 saturated heterocycles. The van der Waals surface area contributed by atoms with Gasteiger partial charge in [0.1, 0.15) is 0 Å². The summed E-state index contributed by atoms with van der Waals surface area (Å²) in [5, 5.41) is 8.23. The van der Waals surface area contributed by atoms with E-state index in [0.29, 0.717) is 11.0 Å². The Hall–Kier alpha value is -1.68. The van der Waals surface area contributed by atoms with Crippen LogP contribution in [0, 0.1) is 25.7 Å². The number of benzene rings is 1. The van der Waals surface area contributed by atoms with Gasteiger partial charge in [0.15, 0.2) is 5.11 Å². The second-order valence-electron chi connectivity index (χ2n) is 5.59. The van der Waals surface area contributed by atoms with Crippen LogP contribution in [0.25, 0.3) is 0 Å². The minimum atomic E-state index is 0.547. The van der Waals surface area contributed by atoms with Crippen molar-refractivity contribution in [2.45, 2.75) is 26.7 Å². The second kappa shape index (κ2) is 5.37. The Morgan fingerprint density at radius 1 is 1.30 bits per heavy atom. The molecule has 0 heterocycles. The van der Waals surface area contributed by atoms with Gasteiger partial charge >= 0.3 is 0 Å². The molecule has 20 heavy (non-hydrogen) atoms. The number of thiocarbonyl (C=S) groups is 1. The van der Waals surface area contributed by atoms with Crippen molar-refractivity contribution in [2.75, 3.05) is 5.32 Å². The summed E-state index contributed by atoms with van der Waals surface area (Å²) in [5.41, 5.74) is 7.63. The summed E-state index contributed by atoms with van der Waals surface area (Å²) in [6, 6.07) is 6.20. The first kappa shape index (κ1) is 13.3. The number of hydrazone groups is 1. The molecule has 0 radical (unpaired) electrons. The van der Waals surface area contributed by atoms with Gasteiger partial charge in [0.2, 0.25) is 0 Å². The number of fused-ring (bicyclic) bond motifs is 1. The molecular weight excluding hydrogens is 266 g/mol. The molecule has 1 fully saturated rings. The number of aryl methyl sites for hydroxylation is 2. The van der Waals surface area contributed by atoms with E-state index in [-0.39, 0.29) is 0 Å². The summed E-state index contributed by atoms with van der Waals surface area (Å²) in [6.07, 6.45) is 6.81. The van der Waals surface area contributed by atoms with Gasteiger partial charge in [-0.05, 0) is 56.0 Å². The predicted molar refractivity (Wildman–Crippen MR) is 88.1 cm³/mol. The molecule has 2 N–H and O–H groups in total. The minimum absolute atomic E-state index is 0.547. The number of allylic oxidation sites excluding steroid dienone is 2. The largest absolute Gasteiger partial charge is 0.331 e. The van der Waals surface area contributed by atoms with Crippen LogP contribution in [-0.2, 0) is 0 Å². The van der Waals surface area contributed by atoms with Gasteiger partial charge in [-0.1, -0.05) is 30.4 Å². The zero-order chi connectivity index (χ0) is 14.1. The van der Waals surface area contributed by atoms with Crippen molar-refractivity contribution in [1.82, 2.24) is 5.43 Å². The van der Waals surface area contributed by atoms with Crippen molar-refractivity contribution in [3.63, 3.8) is 0 Å². The average Bonchev–Trinajstić information content (AvgIpc) is 2.76. The highest BCUT2D eigenvalue weighted by molar-refractivity contribution is 7.80. The maximum absolute atomic E-state index is 5.32. The topological polar surface area (TPSA) is 36.4 Å². The van der Waals surface area contributed by atoms with Crippen molar-refractivity contribution >= 4 is 28.7 Å². The molecule has 4 heteroatoms. The monoisotopic (exact) mass is 285 g/mol. The zero-order valence-electron chi connectivity index (χ0n) is 11.8. The van der Waals surface area contributed by atoms with Crippen LogP contribution in [0.1, 0.15) is 24.0 Å². The Bertz CT molecular complexity index is 583. The van der Waals surface area contributed by atoms with E-state index in [1.165, 1.54) is 23.3 Å². The van der Waals surface area contributed by atoms with Gasteiger partial charge in [-0.2, -0.15) is 5.10 Å². The highest BCUT2D eigenvalue weighted by Gasteiger charge is 2.37. The van der Waals surface area contributed by atoms with Gasteiger partial charge in [0, 0.05) is 17.3 Å². The maximum atomic E-state index is 5.32. The lowest BCUT2D eigenvalue weighted by atomic mass is 9.74. The Kier molecular flexibility index (Phi) is 3.57. The van der Waals surface area contributed by atoms with Gasteiger partial charge < -0.3 is 5.32 Å². The SMILES string of the molecule is Cc1cccc(C)c1NC(=S)N/N=C1/CC2CC=CC12. The molecule has 3 rings (SSSR count). The van der Waals surface area contributed by atoms with Crippen LogP contribution in [0.3, 0.4) is 0 Å². The summed E-state index contributed by atoms with van der Waals surface area (Å²) in [6.45, 7) is 4.15. The molecule has 0 aliphatic heterocycles. The summed E-state index contributed by atoms with van der Waals surface area (Å²) in [4.78, 5) is 0. The lowest BCUT2D eigenvalue weighted by Crippen LogP contribution is -2.36. The quantitative estimate of drug-likeness (QED) is 0.496. The van der Waals surface area contributed by atoms with Gasteiger partial charge in [0.25, 0.3) is 0 Å². The molecule has 2 aliphatic carbocycles. The highest BCUT2D eigenvalue weighted by atomic mass is 32.1. The van der Waals surface area contributed by atoms with Crippen LogP contribution in [0.2, 0.25) is 0 Å². The van der Waals surface area contributed by atoms with Gasteiger partial charge in [-0.3, -0.25) is 5.43 Å². The Morgan fingerprint density at radius 2 is 2.05 bits per heavy atom. The molecule has 2 unspecified atom stereocenters. The lowest BCUT2D eigenvalue weighted by Gasteiger charge is -2.31. The van der Waals surface area contributed by atoms with E-state index in [0.717, 1.165) is 18.0 Å². The maximum Gasteiger partial charge on any atom is 0.191 e. The predicted octanol–water partition coefficient (Wildman–Crippen LogP) is 3.54. The van der Waals surface area contributed by atoms with E-state index < -0.39 is 0 Å². The van der Waals surface area contributed by atoms with Crippen molar-refractivity contribution in [2.24, 2.45) is 16.9 Å². The van der Waals surface area contributed by atoms with Crippen LogP contribution in [0.15, 0.2) is 35.5 Å². The summed E-state index contributed by atoms with van der Waals surface area (Å²) < 4.78 is 0. The first-order valence-electron chi connectivity index (χ1n) is 7.01. The van der Waals surface area contributed by atoms with Gasteiger partial charge in [-0.15, -0.1) is 0 Å². The zero-order valence-corrected chi connectivity index (χ0v) is 12.6. The first-order chi connectivity index (χ1) is 9.65. The Balaban J connectivity index is 1.61. The molecular formula is C16H19N3S. The second-order valence-corrected chi connectivity index (χ2v) is 6.00. The molecule has 1 aromatic carbocycles. The lowest BCUT2D eigenvalue weighted by molar-refractivity contribution is 0.444. The van der Waals surface area contributed by atoms with Gasteiger partial charge in [-0.25, -0.2) is 0 Å². The highest BCUT2D eigenvalue weighted by Crippen LogP contribution is 2.40. The molecule has 0 amide bonds. The summed E-state index contributed by atoms with van der Waals surface area (Å²) in [7, 11) is 0. The standard InChI is InChI=1S/C16H19N3S/c1-10-5-3-6-11(2)15(10)17-16(20)19-18-14-9-12-7-4-8-13(12)14/h3-6,8,12-13H,7,9H2,1-2H3,(H2,17,19,20)/b18-14-. The number of nitrogens with zero attached hydrogens (tertiary/aromatic N) is 1. The van der Waals surface area contributed by atoms with Crippen molar-refractivity contribution in [3.8, 4) is 0 Å². The van der Waals surface area contributed by atoms with Crippen molar-refractivity contribution in [1.29, 1.82) is 0 Å². The minimum Gasteiger partial charge on any atom is -0.331 e. The molecule has 0 bridgehead atoms. The summed E-state index contributed by atoms with van der Waals surface area (Å²) >= 11 is 5.32. The molecule has 0 aromatic heterocycles. The van der Waals surface area contributed by atoms with Crippen LogP contribution in [0.5, 0.6) is 0 Å². The van der Waals surface area contributed by atoms with Crippen LogP contribution < -0.4 is 10.7 Å². The molecule has 3 nitrogen and oxygen atoms in total. The number of hydrogen-bond acceptors (Lipinski definition) is 2. The third kappa shape index (κ3) is 2.48. The average molecular weight is 285 g/mol. The van der Waals surface area contributed by atoms with Crippen molar-refractivity contribution < 1.29 is 0 Å². The molecule has 1 saturated carbocycles. The normalized spacial score (nSPS) is 25.2. The molecule has 2 aliphatic rings. The number of rotatable bonds is 2. The smallest absolute Gasteiger partial charge is 0.191 e. The fourth-order valence-corrected chi connectivity index (χ4v) is 3.08. The first-order valence-corrected chi connectivity index (χ1v) is 7.42. The fourth-order valence-electron chi connectivity index (χ4n) is 2.94. The van der Waals surface area contributed by atoms with E-state index in [9.17, 15) is 0 Å².